The van der Waals surface area contributed by atoms with Gasteiger partial charge in [-0.25, -0.2) is 4.79 Å². The Bertz CT molecular complexity index is 441. The van der Waals surface area contributed by atoms with Gasteiger partial charge in [-0.15, -0.1) is 11.8 Å². The average molecular weight is 287 g/mol. The summed E-state index contributed by atoms with van der Waals surface area (Å²) in [7, 11) is 0. The Labute approximate surface area is 113 Å². The highest BCUT2D eigenvalue weighted by atomic mass is 32.2. The number of piperazine rings is 1. The lowest BCUT2D eigenvalue weighted by Crippen LogP contribution is -2.60. The molecule has 0 radical (unpaired) electrons. The van der Waals surface area contributed by atoms with Crippen LogP contribution in [0.3, 0.4) is 0 Å². The highest BCUT2D eigenvalue weighted by molar-refractivity contribution is 8.00. The number of amides is 3. The predicted molar refractivity (Wildman–Crippen MR) is 65.2 cm³/mol. The summed E-state index contributed by atoms with van der Waals surface area (Å²) >= 11 is 1.40. The standard InChI is InChI=1S/C10H13N3O5S/c14-7-2-13(6(1-11-7)10(17)18)8(15)3-12-5-19-4-9(12)16/h6H,1-5H2,(H,11,14)(H,17,18). The maximum atomic E-state index is 12.0. The Balaban J connectivity index is 2.04. The number of hydrogen-bond acceptors (Lipinski definition) is 5. The molecule has 2 heterocycles. The summed E-state index contributed by atoms with van der Waals surface area (Å²) in [6.07, 6.45) is 0. The van der Waals surface area contributed by atoms with E-state index in [0.29, 0.717) is 11.6 Å². The van der Waals surface area contributed by atoms with Crippen molar-refractivity contribution in [1.29, 1.82) is 0 Å². The molecule has 0 saturated carbocycles. The average Bonchev–Trinajstić information content (AvgIpc) is 2.74. The highest BCUT2D eigenvalue weighted by Crippen LogP contribution is 2.15. The first kappa shape index (κ1) is 13.7. The fourth-order valence-corrected chi connectivity index (χ4v) is 2.82. The molecule has 9 heteroatoms. The van der Waals surface area contributed by atoms with Crippen LogP contribution in [-0.4, -0.2) is 75.9 Å². The molecular weight excluding hydrogens is 274 g/mol. The fourth-order valence-electron chi connectivity index (χ4n) is 1.92. The molecule has 1 unspecified atom stereocenters. The minimum atomic E-state index is -1.17. The second-order valence-corrected chi connectivity index (χ2v) is 5.20. The van der Waals surface area contributed by atoms with E-state index in [2.05, 4.69) is 5.32 Å². The summed E-state index contributed by atoms with van der Waals surface area (Å²) in [6, 6.07) is -1.07. The van der Waals surface area contributed by atoms with E-state index in [4.69, 9.17) is 5.11 Å². The molecule has 2 rings (SSSR count). The maximum Gasteiger partial charge on any atom is 0.328 e. The van der Waals surface area contributed by atoms with Crippen LogP contribution in [0.25, 0.3) is 0 Å². The largest absolute Gasteiger partial charge is 0.480 e. The quantitative estimate of drug-likeness (QED) is 0.617. The van der Waals surface area contributed by atoms with E-state index >= 15 is 0 Å². The van der Waals surface area contributed by atoms with E-state index in [1.165, 1.54) is 16.7 Å². The normalized spacial score (nSPS) is 23.5. The van der Waals surface area contributed by atoms with Crippen LogP contribution in [0, 0.1) is 0 Å². The van der Waals surface area contributed by atoms with Gasteiger partial charge in [0.2, 0.25) is 17.7 Å². The Morgan fingerprint density at radius 1 is 1.42 bits per heavy atom. The summed E-state index contributed by atoms with van der Waals surface area (Å²) in [5.74, 6) is -1.48. The lowest BCUT2D eigenvalue weighted by atomic mass is 10.2. The molecule has 2 aliphatic rings. The van der Waals surface area contributed by atoms with Crippen molar-refractivity contribution < 1.29 is 24.3 Å². The molecule has 0 spiro atoms. The molecule has 0 aromatic carbocycles. The van der Waals surface area contributed by atoms with Gasteiger partial charge in [0.05, 0.1) is 11.6 Å². The van der Waals surface area contributed by atoms with Crippen LogP contribution in [0.1, 0.15) is 0 Å². The summed E-state index contributed by atoms with van der Waals surface area (Å²) < 4.78 is 0. The van der Waals surface area contributed by atoms with Crippen LogP contribution in [0.5, 0.6) is 0 Å². The topological polar surface area (TPSA) is 107 Å². The summed E-state index contributed by atoms with van der Waals surface area (Å²) in [5.41, 5.74) is 0. The Morgan fingerprint density at radius 3 is 2.74 bits per heavy atom. The number of nitrogens with zero attached hydrogens (tertiary/aromatic N) is 2. The molecule has 19 heavy (non-hydrogen) atoms. The van der Waals surface area contributed by atoms with Gasteiger partial charge < -0.3 is 20.2 Å². The summed E-state index contributed by atoms with van der Waals surface area (Å²) in [5, 5.41) is 11.4. The van der Waals surface area contributed by atoms with Gasteiger partial charge in [-0.3, -0.25) is 14.4 Å². The summed E-state index contributed by atoms with van der Waals surface area (Å²) in [6.45, 7) is -0.573. The van der Waals surface area contributed by atoms with Gasteiger partial charge >= 0.3 is 5.97 Å². The number of aliphatic carboxylic acids is 1. The van der Waals surface area contributed by atoms with Crippen LogP contribution in [0.4, 0.5) is 0 Å². The minimum Gasteiger partial charge on any atom is -0.480 e. The first-order valence-corrected chi connectivity index (χ1v) is 6.79. The van der Waals surface area contributed by atoms with E-state index < -0.39 is 23.8 Å². The SMILES string of the molecule is O=C1CN(C(=O)CN2CSCC2=O)C(C(=O)O)CN1. The number of thioether (sulfide) groups is 1. The molecule has 1 atom stereocenters. The predicted octanol–water partition coefficient (Wildman–Crippen LogP) is -2.07. The second kappa shape index (κ2) is 5.47. The van der Waals surface area contributed by atoms with Gasteiger partial charge in [0.25, 0.3) is 0 Å². The Morgan fingerprint density at radius 2 is 2.16 bits per heavy atom. The van der Waals surface area contributed by atoms with Gasteiger partial charge in [0, 0.05) is 6.54 Å². The molecular formula is C10H13N3O5S. The van der Waals surface area contributed by atoms with Gasteiger partial charge in [-0.05, 0) is 0 Å². The zero-order valence-electron chi connectivity index (χ0n) is 10.00. The lowest BCUT2D eigenvalue weighted by molar-refractivity contribution is -0.154. The van der Waals surface area contributed by atoms with E-state index in [0.717, 1.165) is 4.90 Å². The Kier molecular flexibility index (Phi) is 3.93. The van der Waals surface area contributed by atoms with Gasteiger partial charge in [0.1, 0.15) is 19.1 Å². The van der Waals surface area contributed by atoms with Gasteiger partial charge in [-0.1, -0.05) is 0 Å². The molecule has 2 N–H and O–H groups in total. The zero-order valence-corrected chi connectivity index (χ0v) is 10.8. The number of carboxylic acid groups (broad SMARTS) is 1. The van der Waals surface area contributed by atoms with Crippen LogP contribution in [-0.2, 0) is 19.2 Å². The number of carbonyl (C=O) groups excluding carboxylic acids is 3. The molecule has 2 fully saturated rings. The number of carboxylic acids is 1. The summed E-state index contributed by atoms with van der Waals surface area (Å²) in [4.78, 5) is 48.1. The molecule has 0 aromatic rings. The number of hydrogen-bond donors (Lipinski definition) is 2. The third-order valence-corrected chi connectivity index (χ3v) is 3.88. The van der Waals surface area contributed by atoms with Crippen molar-refractivity contribution in [2.45, 2.75) is 6.04 Å². The molecule has 2 aliphatic heterocycles. The molecule has 0 aromatic heterocycles. The highest BCUT2D eigenvalue weighted by Gasteiger charge is 2.36. The van der Waals surface area contributed by atoms with Crippen molar-refractivity contribution in [1.82, 2.24) is 15.1 Å². The molecule has 8 nitrogen and oxygen atoms in total. The van der Waals surface area contributed by atoms with Crippen molar-refractivity contribution >= 4 is 35.5 Å². The third kappa shape index (κ3) is 2.98. The van der Waals surface area contributed by atoms with Crippen molar-refractivity contribution in [3.8, 4) is 0 Å². The Hall–Kier alpha value is -1.77. The van der Waals surface area contributed by atoms with Crippen LogP contribution >= 0.6 is 11.8 Å². The molecule has 104 valence electrons. The van der Waals surface area contributed by atoms with Crippen molar-refractivity contribution in [3.05, 3.63) is 0 Å². The van der Waals surface area contributed by atoms with Crippen LogP contribution in [0.2, 0.25) is 0 Å². The van der Waals surface area contributed by atoms with Gasteiger partial charge in [-0.2, -0.15) is 0 Å². The van der Waals surface area contributed by atoms with E-state index in [9.17, 15) is 19.2 Å². The van der Waals surface area contributed by atoms with Crippen molar-refractivity contribution in [2.75, 3.05) is 31.3 Å². The van der Waals surface area contributed by atoms with Crippen LogP contribution < -0.4 is 5.32 Å². The fraction of sp³-hybridized carbons (Fsp3) is 0.600. The van der Waals surface area contributed by atoms with Crippen molar-refractivity contribution in [2.24, 2.45) is 0 Å². The number of rotatable bonds is 3. The lowest BCUT2D eigenvalue weighted by Gasteiger charge is -2.33. The second-order valence-electron chi connectivity index (χ2n) is 4.25. The first-order valence-electron chi connectivity index (χ1n) is 5.63. The molecule has 3 amide bonds. The van der Waals surface area contributed by atoms with Crippen molar-refractivity contribution in [3.63, 3.8) is 0 Å². The van der Waals surface area contributed by atoms with E-state index in [1.807, 2.05) is 0 Å². The number of carbonyl (C=O) groups is 4. The molecule has 0 bridgehead atoms. The first-order chi connectivity index (χ1) is 8.99. The zero-order chi connectivity index (χ0) is 14.0. The van der Waals surface area contributed by atoms with E-state index in [-0.39, 0.29) is 25.5 Å². The van der Waals surface area contributed by atoms with E-state index in [1.54, 1.807) is 0 Å². The molecule has 0 aliphatic carbocycles. The minimum absolute atomic E-state index is 0.109. The monoisotopic (exact) mass is 287 g/mol. The van der Waals surface area contributed by atoms with Gasteiger partial charge in [0.15, 0.2) is 0 Å². The maximum absolute atomic E-state index is 12.0. The third-order valence-electron chi connectivity index (χ3n) is 2.94. The molecule has 2 saturated heterocycles. The smallest absolute Gasteiger partial charge is 0.328 e. The number of nitrogens with one attached hydrogen (secondary N) is 1. The van der Waals surface area contributed by atoms with Crippen LogP contribution in [0.15, 0.2) is 0 Å².